The SMILES string of the molecule is COC(=O)c1cc(OCCCCl)ccc1[N+](=O)[O-]. The Bertz CT molecular complexity index is 449. The monoisotopic (exact) mass is 273 g/mol. The Morgan fingerprint density at radius 1 is 1.50 bits per heavy atom. The zero-order valence-corrected chi connectivity index (χ0v) is 10.5. The first-order chi connectivity index (χ1) is 8.60. The van der Waals surface area contributed by atoms with Gasteiger partial charge < -0.3 is 9.47 Å². The molecular weight excluding hydrogens is 262 g/mol. The van der Waals surface area contributed by atoms with Crippen LogP contribution in [-0.2, 0) is 4.74 Å². The molecule has 0 saturated heterocycles. The largest absolute Gasteiger partial charge is 0.494 e. The van der Waals surface area contributed by atoms with Crippen molar-refractivity contribution in [2.24, 2.45) is 0 Å². The van der Waals surface area contributed by atoms with E-state index < -0.39 is 10.9 Å². The van der Waals surface area contributed by atoms with Gasteiger partial charge in [0.15, 0.2) is 0 Å². The summed E-state index contributed by atoms with van der Waals surface area (Å²) < 4.78 is 9.79. The van der Waals surface area contributed by atoms with Crippen molar-refractivity contribution in [2.45, 2.75) is 6.42 Å². The van der Waals surface area contributed by atoms with Crippen molar-refractivity contribution >= 4 is 23.3 Å². The van der Waals surface area contributed by atoms with E-state index in [9.17, 15) is 14.9 Å². The summed E-state index contributed by atoms with van der Waals surface area (Å²) in [6.07, 6.45) is 0.645. The first-order valence-corrected chi connectivity index (χ1v) is 5.69. The fourth-order valence-corrected chi connectivity index (χ4v) is 1.39. The second-order valence-corrected chi connectivity index (χ2v) is 3.70. The molecule has 7 heteroatoms. The highest BCUT2D eigenvalue weighted by molar-refractivity contribution is 6.17. The molecule has 0 aromatic heterocycles. The van der Waals surface area contributed by atoms with Gasteiger partial charge in [-0.15, -0.1) is 11.6 Å². The van der Waals surface area contributed by atoms with E-state index in [1.54, 1.807) is 0 Å². The van der Waals surface area contributed by atoms with Crippen molar-refractivity contribution in [1.82, 2.24) is 0 Å². The van der Waals surface area contributed by atoms with Crippen molar-refractivity contribution in [3.05, 3.63) is 33.9 Å². The van der Waals surface area contributed by atoms with Crippen LogP contribution in [0.5, 0.6) is 5.75 Å². The number of carbonyl (C=O) groups excluding carboxylic acids is 1. The van der Waals surface area contributed by atoms with E-state index in [0.29, 0.717) is 24.7 Å². The molecule has 0 amide bonds. The van der Waals surface area contributed by atoms with E-state index in [1.165, 1.54) is 18.2 Å². The summed E-state index contributed by atoms with van der Waals surface area (Å²) >= 11 is 5.50. The molecule has 1 rings (SSSR count). The molecule has 0 heterocycles. The summed E-state index contributed by atoms with van der Waals surface area (Å²) in [6, 6.07) is 3.93. The van der Waals surface area contributed by atoms with Gasteiger partial charge in [0.2, 0.25) is 0 Å². The van der Waals surface area contributed by atoms with Crippen molar-refractivity contribution in [1.29, 1.82) is 0 Å². The highest BCUT2D eigenvalue weighted by atomic mass is 35.5. The van der Waals surface area contributed by atoms with Crippen LogP contribution < -0.4 is 4.74 Å². The summed E-state index contributed by atoms with van der Waals surface area (Å²) in [5.74, 6) is 0.0484. The molecule has 1 aromatic carbocycles. The van der Waals surface area contributed by atoms with Crippen LogP contribution in [-0.4, -0.2) is 30.5 Å². The number of hydrogen-bond acceptors (Lipinski definition) is 5. The summed E-state index contributed by atoms with van der Waals surface area (Å²) in [4.78, 5) is 21.5. The molecule has 0 spiro atoms. The maximum absolute atomic E-state index is 11.4. The minimum absolute atomic E-state index is 0.133. The second-order valence-electron chi connectivity index (χ2n) is 3.32. The number of halogens is 1. The number of nitrogens with zero attached hydrogens (tertiary/aromatic N) is 1. The Hall–Kier alpha value is -1.82. The summed E-state index contributed by atoms with van der Waals surface area (Å²) in [5.41, 5.74) is -0.447. The number of nitro benzene ring substituents is 1. The third-order valence-electron chi connectivity index (χ3n) is 2.12. The van der Waals surface area contributed by atoms with E-state index in [0.717, 1.165) is 7.11 Å². The molecule has 0 unspecified atom stereocenters. The minimum Gasteiger partial charge on any atom is -0.494 e. The maximum atomic E-state index is 11.4. The number of esters is 1. The zero-order chi connectivity index (χ0) is 13.5. The Morgan fingerprint density at radius 3 is 2.78 bits per heavy atom. The molecule has 0 bridgehead atoms. The van der Waals surface area contributed by atoms with Gasteiger partial charge in [-0.2, -0.15) is 0 Å². The van der Waals surface area contributed by atoms with Crippen LogP contribution in [0.3, 0.4) is 0 Å². The lowest BCUT2D eigenvalue weighted by Crippen LogP contribution is -2.07. The molecule has 6 nitrogen and oxygen atoms in total. The van der Waals surface area contributed by atoms with Crippen LogP contribution in [0.2, 0.25) is 0 Å². The summed E-state index contributed by atoms with van der Waals surface area (Å²) in [7, 11) is 1.16. The van der Waals surface area contributed by atoms with Crippen LogP contribution in [0, 0.1) is 10.1 Å². The fourth-order valence-electron chi connectivity index (χ4n) is 1.28. The molecular formula is C11H12ClNO5. The van der Waals surface area contributed by atoms with Crippen LogP contribution in [0.25, 0.3) is 0 Å². The quantitative estimate of drug-likeness (QED) is 0.261. The van der Waals surface area contributed by atoms with E-state index in [4.69, 9.17) is 16.3 Å². The van der Waals surface area contributed by atoms with E-state index in [1.807, 2.05) is 0 Å². The highest BCUT2D eigenvalue weighted by Gasteiger charge is 2.21. The zero-order valence-electron chi connectivity index (χ0n) is 9.72. The lowest BCUT2D eigenvalue weighted by molar-refractivity contribution is -0.385. The molecule has 0 aliphatic heterocycles. The minimum atomic E-state index is -0.774. The Kier molecular flexibility index (Phi) is 5.38. The average molecular weight is 274 g/mol. The molecule has 0 fully saturated rings. The predicted molar refractivity (Wildman–Crippen MR) is 65.3 cm³/mol. The van der Waals surface area contributed by atoms with Gasteiger partial charge in [-0.3, -0.25) is 10.1 Å². The second kappa shape index (κ2) is 6.80. The topological polar surface area (TPSA) is 78.7 Å². The van der Waals surface area contributed by atoms with Crippen LogP contribution in [0.15, 0.2) is 18.2 Å². The summed E-state index contributed by atoms with van der Waals surface area (Å²) in [5, 5.41) is 10.8. The van der Waals surface area contributed by atoms with Crippen molar-refractivity contribution in [3.63, 3.8) is 0 Å². The van der Waals surface area contributed by atoms with Crippen molar-refractivity contribution < 1.29 is 19.2 Å². The molecule has 1 aromatic rings. The third kappa shape index (κ3) is 3.59. The van der Waals surface area contributed by atoms with Gasteiger partial charge in [0.05, 0.1) is 18.6 Å². The normalized spacial score (nSPS) is 9.89. The first-order valence-electron chi connectivity index (χ1n) is 5.15. The van der Waals surface area contributed by atoms with E-state index >= 15 is 0 Å². The number of alkyl halides is 1. The molecule has 0 aliphatic carbocycles. The lowest BCUT2D eigenvalue weighted by Gasteiger charge is -2.07. The van der Waals surface area contributed by atoms with Gasteiger partial charge in [0.1, 0.15) is 11.3 Å². The number of methoxy groups -OCH3 is 1. The molecule has 18 heavy (non-hydrogen) atoms. The third-order valence-corrected chi connectivity index (χ3v) is 2.38. The molecule has 0 aliphatic rings. The van der Waals surface area contributed by atoms with Crippen LogP contribution >= 0.6 is 11.6 Å². The predicted octanol–water partition coefficient (Wildman–Crippen LogP) is 2.39. The number of nitro groups is 1. The highest BCUT2D eigenvalue weighted by Crippen LogP contribution is 2.24. The number of ether oxygens (including phenoxy) is 2. The number of carbonyl (C=O) groups is 1. The molecule has 98 valence electrons. The van der Waals surface area contributed by atoms with Gasteiger partial charge in [-0.25, -0.2) is 4.79 Å². The van der Waals surface area contributed by atoms with Gasteiger partial charge in [-0.1, -0.05) is 0 Å². The van der Waals surface area contributed by atoms with Crippen molar-refractivity contribution in [3.8, 4) is 5.75 Å². The average Bonchev–Trinajstić information content (AvgIpc) is 2.37. The first kappa shape index (κ1) is 14.2. The van der Waals surface area contributed by atoms with Gasteiger partial charge >= 0.3 is 5.97 Å². The lowest BCUT2D eigenvalue weighted by atomic mass is 10.1. The van der Waals surface area contributed by atoms with Crippen molar-refractivity contribution in [2.75, 3.05) is 19.6 Å². The summed E-state index contributed by atoms with van der Waals surface area (Å²) in [6.45, 7) is 0.377. The molecule has 0 atom stereocenters. The van der Waals surface area contributed by atoms with Gasteiger partial charge in [-0.05, 0) is 12.5 Å². The van der Waals surface area contributed by atoms with Crippen LogP contribution in [0.4, 0.5) is 5.69 Å². The number of hydrogen-bond donors (Lipinski definition) is 0. The molecule has 0 N–H and O–H groups in total. The Morgan fingerprint density at radius 2 is 2.22 bits per heavy atom. The van der Waals surface area contributed by atoms with E-state index in [2.05, 4.69) is 4.74 Å². The smallest absolute Gasteiger partial charge is 0.345 e. The molecule has 0 saturated carbocycles. The van der Waals surface area contributed by atoms with Gasteiger partial charge in [0, 0.05) is 18.0 Å². The van der Waals surface area contributed by atoms with E-state index in [-0.39, 0.29) is 11.3 Å². The number of benzene rings is 1. The standard InChI is InChI=1S/C11H12ClNO5/c1-17-11(14)9-7-8(18-6-2-5-12)3-4-10(9)13(15)16/h3-4,7H,2,5-6H2,1H3. The molecule has 0 radical (unpaired) electrons. The van der Waals surface area contributed by atoms with Crippen LogP contribution in [0.1, 0.15) is 16.8 Å². The maximum Gasteiger partial charge on any atom is 0.345 e. The Labute approximate surface area is 109 Å². The van der Waals surface area contributed by atoms with Gasteiger partial charge in [0.25, 0.3) is 5.69 Å². The Balaban J connectivity index is 2.98. The number of rotatable bonds is 6. The fraction of sp³-hybridized carbons (Fsp3) is 0.364.